The van der Waals surface area contributed by atoms with Crippen LogP contribution in [-0.4, -0.2) is 23.5 Å². The molecule has 0 unspecified atom stereocenters. The molecule has 4 heteroatoms. The largest absolute Gasteiger partial charge is 0.502 e. The molecule has 0 aromatic rings. The maximum atomic E-state index is 12.1. The Morgan fingerprint density at radius 1 is 1.41 bits per heavy atom. The summed E-state index contributed by atoms with van der Waals surface area (Å²) in [5.41, 5.74) is 0.150. The molecule has 0 amide bonds. The lowest BCUT2D eigenvalue weighted by molar-refractivity contribution is -0.142. The maximum Gasteiger partial charge on any atom is 0.373 e. The van der Waals surface area contributed by atoms with Crippen molar-refractivity contribution in [2.45, 2.75) is 33.6 Å². The molecule has 2 aliphatic rings. The average Bonchev–Trinajstić information content (AvgIpc) is 2.64. The van der Waals surface area contributed by atoms with Crippen LogP contribution in [0.3, 0.4) is 0 Å². The Bertz CT molecular complexity index is 406. The van der Waals surface area contributed by atoms with Crippen LogP contribution in [0.1, 0.15) is 33.6 Å². The van der Waals surface area contributed by atoms with Gasteiger partial charge < -0.3 is 9.84 Å². The van der Waals surface area contributed by atoms with Gasteiger partial charge in [0.1, 0.15) is 0 Å². The third-order valence-corrected chi connectivity index (χ3v) is 4.19. The van der Waals surface area contributed by atoms with E-state index in [2.05, 4.69) is 0 Å². The monoisotopic (exact) mass is 238 g/mol. The first-order chi connectivity index (χ1) is 7.91. The van der Waals surface area contributed by atoms with Crippen LogP contribution in [0.2, 0.25) is 0 Å². The first-order valence-electron chi connectivity index (χ1n) is 6.05. The molecule has 0 aromatic carbocycles. The fraction of sp³-hybridized carbons (Fsp3) is 0.692. The second-order valence-electron chi connectivity index (χ2n) is 5.35. The highest BCUT2D eigenvalue weighted by Crippen LogP contribution is 2.58. The summed E-state index contributed by atoms with van der Waals surface area (Å²) in [6.07, 6.45) is 1.72. The lowest BCUT2D eigenvalue weighted by atomic mass is 9.81. The van der Waals surface area contributed by atoms with Gasteiger partial charge in [0, 0.05) is 11.5 Å². The number of rotatable bonds is 2. The molecule has 2 rings (SSSR count). The van der Waals surface area contributed by atoms with Crippen LogP contribution in [0.25, 0.3) is 0 Å². The minimum absolute atomic E-state index is 0.00981. The zero-order valence-electron chi connectivity index (χ0n) is 10.4. The predicted octanol–water partition coefficient (Wildman–Crippen LogP) is 2.00. The van der Waals surface area contributed by atoms with Crippen molar-refractivity contribution in [2.75, 3.05) is 6.61 Å². The van der Waals surface area contributed by atoms with Crippen molar-refractivity contribution in [2.24, 2.45) is 17.3 Å². The van der Waals surface area contributed by atoms with Crippen molar-refractivity contribution in [1.82, 2.24) is 0 Å². The molecule has 94 valence electrons. The van der Waals surface area contributed by atoms with Gasteiger partial charge in [0.05, 0.1) is 6.61 Å². The van der Waals surface area contributed by atoms with Crippen LogP contribution in [0.4, 0.5) is 0 Å². The second kappa shape index (κ2) is 3.86. The van der Waals surface area contributed by atoms with E-state index in [1.54, 1.807) is 6.92 Å². The summed E-state index contributed by atoms with van der Waals surface area (Å²) >= 11 is 0. The minimum atomic E-state index is -0.779. The number of hydrogen-bond acceptors (Lipinski definition) is 4. The Kier molecular flexibility index (Phi) is 2.76. The minimum Gasteiger partial charge on any atom is -0.502 e. The summed E-state index contributed by atoms with van der Waals surface area (Å²) in [5.74, 6) is -1.39. The first-order valence-corrected chi connectivity index (χ1v) is 6.05. The summed E-state index contributed by atoms with van der Waals surface area (Å²) in [6.45, 7) is 5.92. The van der Waals surface area contributed by atoms with Gasteiger partial charge in [-0.3, -0.25) is 4.79 Å². The zero-order valence-corrected chi connectivity index (χ0v) is 10.4. The summed E-state index contributed by atoms with van der Waals surface area (Å²) in [5, 5.41) is 9.86. The van der Waals surface area contributed by atoms with Crippen LogP contribution >= 0.6 is 0 Å². The predicted molar refractivity (Wildman–Crippen MR) is 61.3 cm³/mol. The van der Waals surface area contributed by atoms with Gasteiger partial charge in [0.2, 0.25) is 5.76 Å². The smallest absolute Gasteiger partial charge is 0.373 e. The first kappa shape index (κ1) is 12.1. The molecule has 4 nitrogen and oxygen atoms in total. The molecule has 0 radical (unpaired) electrons. The molecule has 0 spiro atoms. The summed E-state index contributed by atoms with van der Waals surface area (Å²) in [7, 11) is 0. The SMILES string of the molecule is CCOC(=O)/C(O)=C1/C(=O)[C@H]2CC[C@H]1C2(C)C. The standard InChI is InChI=1S/C13H18O4/c1-4-17-12(16)11(15)9-7-5-6-8(10(9)14)13(7,2)3/h7-8,15H,4-6H2,1-3H3/b11-9-/t7-,8-/m1/s1. The van der Waals surface area contributed by atoms with Gasteiger partial charge in [-0.25, -0.2) is 4.79 Å². The highest BCUT2D eigenvalue weighted by molar-refractivity contribution is 6.07. The quantitative estimate of drug-likeness (QED) is 0.454. The highest BCUT2D eigenvalue weighted by atomic mass is 16.5. The van der Waals surface area contributed by atoms with Crippen LogP contribution in [0, 0.1) is 17.3 Å². The van der Waals surface area contributed by atoms with E-state index in [1.807, 2.05) is 13.8 Å². The number of fused-ring (bicyclic) bond motifs is 2. The molecule has 0 saturated heterocycles. The van der Waals surface area contributed by atoms with Gasteiger partial charge in [-0.2, -0.15) is 0 Å². The van der Waals surface area contributed by atoms with E-state index in [1.165, 1.54) is 0 Å². The van der Waals surface area contributed by atoms with E-state index in [0.717, 1.165) is 12.8 Å². The fourth-order valence-electron chi connectivity index (χ4n) is 3.26. The van der Waals surface area contributed by atoms with Crippen molar-refractivity contribution in [3.8, 4) is 0 Å². The number of hydrogen-bond donors (Lipinski definition) is 1. The topological polar surface area (TPSA) is 63.6 Å². The lowest BCUT2D eigenvalue weighted by Gasteiger charge is -2.22. The maximum absolute atomic E-state index is 12.1. The third kappa shape index (κ3) is 1.58. The van der Waals surface area contributed by atoms with Gasteiger partial charge in [0.25, 0.3) is 0 Å². The molecule has 0 aromatic heterocycles. The van der Waals surface area contributed by atoms with Crippen LogP contribution in [-0.2, 0) is 14.3 Å². The molecule has 2 fully saturated rings. The highest BCUT2D eigenvalue weighted by Gasteiger charge is 2.57. The van der Waals surface area contributed by atoms with Gasteiger partial charge >= 0.3 is 5.97 Å². The lowest BCUT2D eigenvalue weighted by Crippen LogP contribution is -2.19. The molecule has 1 N–H and O–H groups in total. The molecule has 2 bridgehead atoms. The van der Waals surface area contributed by atoms with Gasteiger partial charge in [-0.15, -0.1) is 0 Å². The van der Waals surface area contributed by atoms with Gasteiger partial charge in [-0.05, 0) is 31.1 Å². The van der Waals surface area contributed by atoms with E-state index < -0.39 is 11.7 Å². The van der Waals surface area contributed by atoms with Crippen LogP contribution in [0.15, 0.2) is 11.3 Å². The number of carbonyl (C=O) groups is 2. The Morgan fingerprint density at radius 3 is 2.47 bits per heavy atom. The number of ketones is 1. The fourth-order valence-corrected chi connectivity index (χ4v) is 3.26. The van der Waals surface area contributed by atoms with E-state index in [0.29, 0.717) is 5.57 Å². The van der Waals surface area contributed by atoms with Crippen molar-refractivity contribution >= 4 is 11.8 Å². The van der Waals surface area contributed by atoms with E-state index in [4.69, 9.17) is 4.74 Å². The third-order valence-electron chi connectivity index (χ3n) is 4.19. The Morgan fingerprint density at radius 2 is 2.00 bits per heavy atom. The summed E-state index contributed by atoms with van der Waals surface area (Å²) in [4.78, 5) is 23.6. The summed E-state index contributed by atoms with van der Waals surface area (Å²) in [6, 6.07) is 0. The molecule has 2 aliphatic carbocycles. The number of aliphatic hydroxyl groups is 1. The van der Waals surface area contributed by atoms with E-state index in [-0.39, 0.29) is 29.6 Å². The molecular weight excluding hydrogens is 220 g/mol. The number of aliphatic hydroxyl groups excluding tert-OH is 1. The van der Waals surface area contributed by atoms with Gasteiger partial charge in [0.15, 0.2) is 5.78 Å². The Labute approximate surface area is 101 Å². The molecule has 17 heavy (non-hydrogen) atoms. The average molecular weight is 238 g/mol. The van der Waals surface area contributed by atoms with E-state index in [9.17, 15) is 14.7 Å². The number of allylic oxidation sites excluding steroid dienone is 1. The number of carbonyl (C=O) groups excluding carboxylic acids is 2. The van der Waals surface area contributed by atoms with Crippen LogP contribution < -0.4 is 0 Å². The molecule has 0 heterocycles. The van der Waals surface area contributed by atoms with E-state index >= 15 is 0 Å². The Hall–Kier alpha value is -1.32. The second-order valence-corrected chi connectivity index (χ2v) is 5.35. The number of ether oxygens (including phenoxy) is 1. The molecule has 0 aliphatic heterocycles. The Balaban J connectivity index is 2.38. The van der Waals surface area contributed by atoms with Crippen LogP contribution in [0.5, 0.6) is 0 Å². The molecule has 2 atom stereocenters. The normalized spacial score (nSPS) is 32.8. The van der Waals surface area contributed by atoms with Crippen molar-refractivity contribution < 1.29 is 19.4 Å². The van der Waals surface area contributed by atoms with Gasteiger partial charge in [-0.1, -0.05) is 13.8 Å². The van der Waals surface area contributed by atoms with Crippen molar-refractivity contribution in [1.29, 1.82) is 0 Å². The zero-order chi connectivity index (χ0) is 12.8. The molecule has 2 saturated carbocycles. The number of Topliss-reactive ketones (excluding diaryl/α,β-unsaturated/α-hetero) is 1. The molecular formula is C13H18O4. The van der Waals surface area contributed by atoms with Crippen molar-refractivity contribution in [3.05, 3.63) is 11.3 Å². The summed E-state index contributed by atoms with van der Waals surface area (Å²) < 4.78 is 4.74. The van der Waals surface area contributed by atoms with Crippen molar-refractivity contribution in [3.63, 3.8) is 0 Å². The number of esters is 1.